The smallest absolute Gasteiger partial charge is 0.308 e. The number of carbonyl (C=O) groups is 2. The van der Waals surface area contributed by atoms with Gasteiger partial charge in [0.05, 0.1) is 11.6 Å². The van der Waals surface area contributed by atoms with Gasteiger partial charge in [-0.15, -0.1) is 0 Å². The Labute approximate surface area is 118 Å². The lowest BCUT2D eigenvalue weighted by Crippen LogP contribution is -2.33. The average molecular weight is 282 g/mol. The van der Waals surface area contributed by atoms with E-state index in [9.17, 15) is 9.59 Å². The molecule has 0 aliphatic heterocycles. The van der Waals surface area contributed by atoms with Crippen LogP contribution in [0.15, 0.2) is 4.52 Å². The van der Waals surface area contributed by atoms with Crippen molar-refractivity contribution in [3.8, 4) is 0 Å². The molecule has 6 heteroatoms. The number of rotatable bonds is 7. The Morgan fingerprint density at radius 1 is 1.40 bits per heavy atom. The van der Waals surface area contributed by atoms with Crippen molar-refractivity contribution in [1.29, 1.82) is 0 Å². The topological polar surface area (TPSA) is 92.4 Å². The van der Waals surface area contributed by atoms with E-state index in [-0.39, 0.29) is 18.4 Å². The van der Waals surface area contributed by atoms with E-state index in [0.29, 0.717) is 23.4 Å². The van der Waals surface area contributed by atoms with Crippen molar-refractivity contribution in [2.75, 3.05) is 6.54 Å². The van der Waals surface area contributed by atoms with Gasteiger partial charge in [-0.3, -0.25) is 9.59 Å². The number of hydrogen-bond donors (Lipinski definition) is 2. The first-order valence-electron chi connectivity index (χ1n) is 6.85. The van der Waals surface area contributed by atoms with Crippen molar-refractivity contribution in [2.24, 2.45) is 5.92 Å². The van der Waals surface area contributed by atoms with Crippen LogP contribution in [0.3, 0.4) is 0 Å². The van der Waals surface area contributed by atoms with Crippen LogP contribution in [0.1, 0.15) is 61.3 Å². The molecular weight excluding hydrogens is 260 g/mol. The second kappa shape index (κ2) is 7.07. The third-order valence-corrected chi connectivity index (χ3v) is 3.14. The Bertz CT molecular complexity index is 480. The van der Waals surface area contributed by atoms with Crippen molar-refractivity contribution in [3.63, 3.8) is 0 Å². The number of hydrogen-bond acceptors (Lipinski definition) is 4. The van der Waals surface area contributed by atoms with E-state index in [1.165, 1.54) is 0 Å². The monoisotopic (exact) mass is 282 g/mol. The van der Waals surface area contributed by atoms with Crippen LogP contribution in [0.2, 0.25) is 0 Å². The quantitative estimate of drug-likeness (QED) is 0.800. The van der Waals surface area contributed by atoms with Crippen molar-refractivity contribution < 1.29 is 19.2 Å². The fourth-order valence-electron chi connectivity index (χ4n) is 2.02. The highest BCUT2D eigenvalue weighted by molar-refractivity contribution is 5.96. The van der Waals surface area contributed by atoms with Gasteiger partial charge in [-0.05, 0) is 13.3 Å². The van der Waals surface area contributed by atoms with E-state index >= 15 is 0 Å². The number of aliphatic carboxylic acids is 1. The van der Waals surface area contributed by atoms with Crippen molar-refractivity contribution in [1.82, 2.24) is 10.5 Å². The van der Waals surface area contributed by atoms with Crippen LogP contribution in [-0.4, -0.2) is 28.7 Å². The highest BCUT2D eigenvalue weighted by Crippen LogP contribution is 2.22. The van der Waals surface area contributed by atoms with Gasteiger partial charge >= 0.3 is 5.97 Å². The first-order chi connectivity index (χ1) is 9.38. The molecule has 2 N–H and O–H groups in total. The van der Waals surface area contributed by atoms with E-state index < -0.39 is 11.9 Å². The molecule has 0 aliphatic carbocycles. The van der Waals surface area contributed by atoms with Crippen LogP contribution in [0.25, 0.3) is 0 Å². The molecule has 112 valence electrons. The summed E-state index contributed by atoms with van der Waals surface area (Å²) in [6.45, 7) is 7.55. The zero-order chi connectivity index (χ0) is 15.3. The largest absolute Gasteiger partial charge is 0.481 e. The summed E-state index contributed by atoms with van der Waals surface area (Å²) < 4.78 is 5.15. The Hall–Kier alpha value is -1.85. The minimum Gasteiger partial charge on any atom is -0.481 e. The average Bonchev–Trinajstić information content (AvgIpc) is 2.75. The number of aryl methyl sites for hydroxylation is 1. The van der Waals surface area contributed by atoms with Gasteiger partial charge in [-0.25, -0.2) is 0 Å². The summed E-state index contributed by atoms with van der Waals surface area (Å²) in [4.78, 5) is 23.2. The van der Waals surface area contributed by atoms with Crippen LogP contribution in [0.5, 0.6) is 0 Å². The Kier molecular flexibility index (Phi) is 5.73. The summed E-state index contributed by atoms with van der Waals surface area (Å²) in [7, 11) is 0. The van der Waals surface area contributed by atoms with Gasteiger partial charge in [0.25, 0.3) is 5.91 Å². The molecule has 0 saturated carbocycles. The van der Waals surface area contributed by atoms with Gasteiger partial charge < -0.3 is 14.9 Å². The predicted octanol–water partition coefficient (Wildman–Crippen LogP) is 2.34. The van der Waals surface area contributed by atoms with E-state index in [1.54, 1.807) is 6.92 Å². The molecule has 1 rings (SSSR count). The molecule has 1 heterocycles. The minimum atomic E-state index is -0.890. The SMILES string of the molecule is CCCC(CNC(=O)c1c(C)noc1C(C)C)C(=O)O. The fourth-order valence-corrected chi connectivity index (χ4v) is 2.02. The molecule has 0 radical (unpaired) electrons. The number of carboxylic acids is 1. The van der Waals surface area contributed by atoms with Crippen molar-refractivity contribution >= 4 is 11.9 Å². The second-order valence-electron chi connectivity index (χ2n) is 5.20. The summed E-state index contributed by atoms with van der Waals surface area (Å²) in [6.07, 6.45) is 1.30. The van der Waals surface area contributed by atoms with Crippen LogP contribution < -0.4 is 5.32 Å². The van der Waals surface area contributed by atoms with Crippen LogP contribution in [0, 0.1) is 12.8 Å². The molecule has 0 aliphatic rings. The number of carbonyl (C=O) groups excluding carboxylic acids is 1. The maximum atomic E-state index is 12.2. The lowest BCUT2D eigenvalue weighted by atomic mass is 10.0. The molecule has 20 heavy (non-hydrogen) atoms. The maximum Gasteiger partial charge on any atom is 0.308 e. The first kappa shape index (κ1) is 16.2. The molecule has 0 bridgehead atoms. The molecule has 1 aromatic rings. The normalized spacial score (nSPS) is 12.4. The van der Waals surface area contributed by atoms with Gasteiger partial charge in [0.2, 0.25) is 0 Å². The number of nitrogens with one attached hydrogen (secondary N) is 1. The molecule has 0 spiro atoms. The summed E-state index contributed by atoms with van der Waals surface area (Å²) in [5.74, 6) is -1.20. The zero-order valence-corrected chi connectivity index (χ0v) is 12.4. The van der Waals surface area contributed by atoms with Gasteiger partial charge in [0.15, 0.2) is 5.76 Å². The number of nitrogens with zero attached hydrogens (tertiary/aromatic N) is 1. The molecule has 6 nitrogen and oxygen atoms in total. The molecule has 1 aromatic heterocycles. The molecular formula is C14H22N2O4. The van der Waals surface area contributed by atoms with E-state index in [1.807, 2.05) is 20.8 Å². The predicted molar refractivity (Wildman–Crippen MR) is 73.7 cm³/mol. The molecule has 0 aromatic carbocycles. The molecule has 0 fully saturated rings. The minimum absolute atomic E-state index is 0.0443. The van der Waals surface area contributed by atoms with Gasteiger partial charge in [-0.1, -0.05) is 32.3 Å². The molecule has 1 amide bonds. The number of carboxylic acid groups (broad SMARTS) is 1. The van der Waals surface area contributed by atoms with Crippen molar-refractivity contribution in [3.05, 3.63) is 17.0 Å². The third-order valence-electron chi connectivity index (χ3n) is 3.14. The summed E-state index contributed by atoms with van der Waals surface area (Å²) >= 11 is 0. The van der Waals surface area contributed by atoms with Crippen molar-refractivity contribution in [2.45, 2.75) is 46.5 Å². The fraction of sp³-hybridized carbons (Fsp3) is 0.643. The molecule has 0 saturated heterocycles. The molecule has 1 unspecified atom stereocenters. The highest BCUT2D eigenvalue weighted by Gasteiger charge is 2.24. The highest BCUT2D eigenvalue weighted by atomic mass is 16.5. The van der Waals surface area contributed by atoms with Gasteiger partial charge in [0, 0.05) is 12.5 Å². The Morgan fingerprint density at radius 3 is 2.55 bits per heavy atom. The maximum absolute atomic E-state index is 12.2. The Morgan fingerprint density at radius 2 is 2.05 bits per heavy atom. The van der Waals surface area contributed by atoms with E-state index in [0.717, 1.165) is 6.42 Å². The summed E-state index contributed by atoms with van der Waals surface area (Å²) in [5, 5.41) is 15.5. The van der Waals surface area contributed by atoms with Crippen LogP contribution >= 0.6 is 0 Å². The second-order valence-corrected chi connectivity index (χ2v) is 5.20. The van der Waals surface area contributed by atoms with Gasteiger partial charge in [0.1, 0.15) is 5.56 Å². The summed E-state index contributed by atoms with van der Waals surface area (Å²) in [6, 6.07) is 0. The van der Waals surface area contributed by atoms with Crippen LogP contribution in [-0.2, 0) is 4.79 Å². The third kappa shape index (κ3) is 3.82. The standard InChI is InChI=1S/C14H22N2O4/c1-5-6-10(14(18)19)7-15-13(17)11-9(4)16-20-12(11)8(2)3/h8,10H,5-7H2,1-4H3,(H,15,17)(H,18,19). The van der Waals surface area contributed by atoms with E-state index in [4.69, 9.17) is 9.63 Å². The number of amides is 1. The van der Waals surface area contributed by atoms with Gasteiger partial charge in [-0.2, -0.15) is 0 Å². The van der Waals surface area contributed by atoms with Crippen LogP contribution in [0.4, 0.5) is 0 Å². The summed E-state index contributed by atoms with van der Waals surface area (Å²) in [5.41, 5.74) is 0.939. The lowest BCUT2D eigenvalue weighted by molar-refractivity contribution is -0.141. The first-order valence-corrected chi connectivity index (χ1v) is 6.85. The lowest BCUT2D eigenvalue weighted by Gasteiger charge is -2.12. The van der Waals surface area contributed by atoms with E-state index in [2.05, 4.69) is 10.5 Å². The zero-order valence-electron chi connectivity index (χ0n) is 12.4. The Balaban J connectivity index is 2.76. The number of aromatic nitrogens is 1. The molecule has 1 atom stereocenters.